The molecule has 6 nitrogen and oxygen atoms in total. The minimum absolute atomic E-state index is 0.271. The molecule has 0 saturated heterocycles. The van der Waals surface area contributed by atoms with Gasteiger partial charge in [-0.2, -0.15) is 5.06 Å². The Labute approximate surface area is 165 Å². The minimum atomic E-state index is -0.920. The smallest absolute Gasteiger partial charge is 0.303 e. The van der Waals surface area contributed by atoms with E-state index in [-0.39, 0.29) is 18.4 Å². The number of benzene rings is 2. The van der Waals surface area contributed by atoms with Crippen molar-refractivity contribution in [3.05, 3.63) is 65.2 Å². The van der Waals surface area contributed by atoms with Crippen molar-refractivity contribution in [1.82, 2.24) is 5.06 Å². The van der Waals surface area contributed by atoms with E-state index in [1.807, 2.05) is 55.5 Å². The third kappa shape index (κ3) is 4.40. The van der Waals surface area contributed by atoms with Gasteiger partial charge in [0.2, 0.25) is 0 Å². The number of carbonyl (C=O) groups excluding carboxylic acids is 2. The van der Waals surface area contributed by atoms with E-state index in [0.29, 0.717) is 13.0 Å². The summed E-state index contributed by atoms with van der Waals surface area (Å²) < 4.78 is 5.54. The van der Waals surface area contributed by atoms with Crippen molar-refractivity contribution >= 4 is 17.6 Å². The zero-order valence-corrected chi connectivity index (χ0v) is 16.5. The quantitative estimate of drug-likeness (QED) is 0.636. The lowest BCUT2D eigenvalue weighted by molar-refractivity contribution is -0.154. The molecule has 1 heterocycles. The van der Waals surface area contributed by atoms with Crippen LogP contribution >= 0.6 is 0 Å². The van der Waals surface area contributed by atoms with E-state index in [4.69, 9.17) is 4.74 Å². The van der Waals surface area contributed by atoms with Gasteiger partial charge in [0.25, 0.3) is 5.91 Å². The number of nitrogens with zero attached hydrogens (tertiary/aromatic N) is 2. The number of likely N-dealkylation sites (N-methyl/N-ethyl adjacent to an activating group) is 1. The highest BCUT2D eigenvalue weighted by molar-refractivity contribution is 5.99. The molecule has 0 radical (unpaired) electrons. The summed E-state index contributed by atoms with van der Waals surface area (Å²) in [5.41, 5.74) is 3.89. The summed E-state index contributed by atoms with van der Waals surface area (Å²) in [6.45, 7) is 3.90. The number of ether oxygens (including phenoxy) is 1. The molecule has 1 amide bonds. The van der Waals surface area contributed by atoms with Gasteiger partial charge < -0.3 is 14.8 Å². The fraction of sp³-hybridized carbons (Fsp3) is 0.364. The number of hydrogen-bond donors (Lipinski definition) is 1. The number of fused-ring (bicyclic) bond motifs is 1. The number of para-hydroxylation sites is 1. The van der Waals surface area contributed by atoms with Crippen molar-refractivity contribution < 1.29 is 19.5 Å². The second-order valence-corrected chi connectivity index (χ2v) is 7.25. The predicted molar refractivity (Wildman–Crippen MR) is 106 cm³/mol. The van der Waals surface area contributed by atoms with E-state index in [1.165, 1.54) is 14.0 Å². The first-order valence-electron chi connectivity index (χ1n) is 9.40. The van der Waals surface area contributed by atoms with Crippen LogP contribution in [0.25, 0.3) is 0 Å². The molecule has 0 aromatic heterocycles. The van der Waals surface area contributed by atoms with Crippen LogP contribution in [-0.2, 0) is 20.7 Å². The number of amides is 1. The summed E-state index contributed by atoms with van der Waals surface area (Å²) in [6, 6.07) is 15.7. The Hall–Kier alpha value is -2.70. The first-order valence-corrected chi connectivity index (χ1v) is 9.40. The van der Waals surface area contributed by atoms with E-state index >= 15 is 0 Å². The molecule has 1 aliphatic rings. The summed E-state index contributed by atoms with van der Waals surface area (Å²) in [6.07, 6.45) is -0.342. The largest absolute Gasteiger partial charge is 0.452 e. The Morgan fingerprint density at radius 3 is 2.54 bits per heavy atom. The molecule has 2 aromatic carbocycles. The van der Waals surface area contributed by atoms with Crippen LogP contribution in [-0.4, -0.2) is 48.4 Å². The van der Waals surface area contributed by atoms with Gasteiger partial charge in [0, 0.05) is 38.7 Å². The Morgan fingerprint density at radius 1 is 1.21 bits per heavy atom. The van der Waals surface area contributed by atoms with Crippen molar-refractivity contribution in [2.24, 2.45) is 0 Å². The lowest BCUT2D eigenvalue weighted by atomic mass is 9.87. The molecule has 0 saturated carbocycles. The predicted octanol–water partition coefficient (Wildman–Crippen LogP) is 2.92. The number of rotatable bonds is 5. The molecule has 0 fully saturated rings. The van der Waals surface area contributed by atoms with Gasteiger partial charge in [-0.25, -0.2) is 0 Å². The molecule has 28 heavy (non-hydrogen) atoms. The summed E-state index contributed by atoms with van der Waals surface area (Å²) in [4.78, 5) is 26.9. The van der Waals surface area contributed by atoms with Gasteiger partial charge in [-0.1, -0.05) is 48.0 Å². The van der Waals surface area contributed by atoms with Crippen LogP contribution in [0.4, 0.5) is 5.69 Å². The number of esters is 1. The van der Waals surface area contributed by atoms with E-state index in [0.717, 1.165) is 27.4 Å². The topological polar surface area (TPSA) is 70.1 Å². The fourth-order valence-corrected chi connectivity index (χ4v) is 3.63. The molecule has 0 aliphatic carbocycles. The summed E-state index contributed by atoms with van der Waals surface area (Å²) in [7, 11) is 1.53. The first-order chi connectivity index (χ1) is 13.4. The Kier molecular flexibility index (Phi) is 6.11. The molecule has 2 aromatic rings. The number of anilines is 1. The molecule has 0 spiro atoms. The summed E-state index contributed by atoms with van der Waals surface area (Å²) in [5.74, 6) is -1.04. The SMILES string of the molecule is CC(=O)OC1C(=O)N(CCN(C)O)c2ccccc2CC1c1ccc(C)cc1. The standard InChI is InChI=1S/C22H26N2O4/c1-15-8-10-17(11-9-15)19-14-18-6-4-5-7-20(18)24(13-12-23(3)27)22(26)21(19)28-16(2)25/h4-11,19,21,27H,12-14H2,1-3H3. The van der Waals surface area contributed by atoms with Crippen LogP contribution in [0, 0.1) is 6.92 Å². The normalized spacial score (nSPS) is 19.3. The minimum Gasteiger partial charge on any atom is -0.452 e. The third-order valence-corrected chi connectivity index (χ3v) is 5.04. The molecular formula is C22H26N2O4. The number of aryl methyl sites for hydroxylation is 1. The molecule has 3 rings (SSSR count). The lowest BCUT2D eigenvalue weighted by Gasteiger charge is -2.28. The molecule has 2 unspecified atom stereocenters. The Balaban J connectivity index is 2.07. The Bertz CT molecular complexity index is 848. The third-order valence-electron chi connectivity index (χ3n) is 5.04. The van der Waals surface area contributed by atoms with E-state index < -0.39 is 12.1 Å². The molecule has 1 aliphatic heterocycles. The summed E-state index contributed by atoms with van der Waals surface area (Å²) >= 11 is 0. The van der Waals surface area contributed by atoms with Crippen LogP contribution < -0.4 is 4.90 Å². The monoisotopic (exact) mass is 382 g/mol. The molecule has 1 N–H and O–H groups in total. The van der Waals surface area contributed by atoms with Crippen LogP contribution in [0.5, 0.6) is 0 Å². The number of hydrogen-bond acceptors (Lipinski definition) is 5. The second-order valence-electron chi connectivity index (χ2n) is 7.25. The van der Waals surface area contributed by atoms with Crippen molar-refractivity contribution in [2.75, 3.05) is 25.0 Å². The molecule has 148 valence electrons. The Morgan fingerprint density at radius 2 is 1.89 bits per heavy atom. The zero-order chi connectivity index (χ0) is 20.3. The average molecular weight is 382 g/mol. The highest BCUT2D eigenvalue weighted by Gasteiger charge is 2.39. The maximum atomic E-state index is 13.5. The van der Waals surface area contributed by atoms with Gasteiger partial charge in [-0.05, 0) is 30.5 Å². The van der Waals surface area contributed by atoms with Gasteiger partial charge in [-0.15, -0.1) is 0 Å². The number of carbonyl (C=O) groups is 2. The van der Waals surface area contributed by atoms with Gasteiger partial charge in [0.15, 0.2) is 6.10 Å². The van der Waals surface area contributed by atoms with Gasteiger partial charge in [0.05, 0.1) is 0 Å². The van der Waals surface area contributed by atoms with Gasteiger partial charge in [-0.3, -0.25) is 9.59 Å². The molecular weight excluding hydrogens is 356 g/mol. The van der Waals surface area contributed by atoms with E-state index in [1.54, 1.807) is 4.90 Å². The molecule has 2 atom stereocenters. The van der Waals surface area contributed by atoms with Crippen molar-refractivity contribution in [3.8, 4) is 0 Å². The maximum Gasteiger partial charge on any atom is 0.303 e. The summed E-state index contributed by atoms with van der Waals surface area (Å²) in [5, 5.41) is 10.6. The highest BCUT2D eigenvalue weighted by atomic mass is 16.5. The van der Waals surface area contributed by atoms with E-state index in [9.17, 15) is 14.8 Å². The van der Waals surface area contributed by atoms with Crippen LogP contribution in [0.3, 0.4) is 0 Å². The van der Waals surface area contributed by atoms with Gasteiger partial charge >= 0.3 is 5.97 Å². The second kappa shape index (κ2) is 8.54. The molecule has 0 bridgehead atoms. The zero-order valence-electron chi connectivity index (χ0n) is 16.5. The van der Waals surface area contributed by atoms with Crippen molar-refractivity contribution in [3.63, 3.8) is 0 Å². The van der Waals surface area contributed by atoms with E-state index in [2.05, 4.69) is 0 Å². The maximum absolute atomic E-state index is 13.5. The fourth-order valence-electron chi connectivity index (χ4n) is 3.63. The average Bonchev–Trinajstić information content (AvgIpc) is 2.76. The van der Waals surface area contributed by atoms with Gasteiger partial charge in [0.1, 0.15) is 0 Å². The van der Waals surface area contributed by atoms with Crippen molar-refractivity contribution in [2.45, 2.75) is 32.3 Å². The van der Waals surface area contributed by atoms with Crippen molar-refractivity contribution in [1.29, 1.82) is 0 Å². The molecule has 6 heteroatoms. The number of hydroxylamine groups is 2. The highest BCUT2D eigenvalue weighted by Crippen LogP contribution is 2.36. The van der Waals surface area contributed by atoms with Crippen LogP contribution in [0.15, 0.2) is 48.5 Å². The lowest BCUT2D eigenvalue weighted by Crippen LogP contribution is -2.45. The first kappa shape index (κ1) is 20.0. The van der Waals surface area contributed by atoms with Crippen LogP contribution in [0.2, 0.25) is 0 Å². The van der Waals surface area contributed by atoms with Crippen LogP contribution in [0.1, 0.15) is 29.5 Å².